The number of rotatable bonds is 2. The number of carbonyl (C=O) groups is 1. The molecule has 2 heterocycles. The van der Waals surface area contributed by atoms with Gasteiger partial charge in [0.25, 0.3) is 5.91 Å². The van der Waals surface area contributed by atoms with Gasteiger partial charge in [0, 0.05) is 25.2 Å². The number of nitrogens with zero attached hydrogens (tertiary/aromatic N) is 3. The number of fused-ring (bicyclic) bond motifs is 1. The molecular weight excluding hydrogens is 204 g/mol. The summed E-state index contributed by atoms with van der Waals surface area (Å²) in [5.74, 6) is -0.0971. The predicted molar refractivity (Wildman–Crippen MR) is 61.3 cm³/mol. The summed E-state index contributed by atoms with van der Waals surface area (Å²) >= 11 is 0. The zero-order chi connectivity index (χ0) is 11.7. The molecule has 2 aromatic heterocycles. The van der Waals surface area contributed by atoms with Crippen LogP contribution in [-0.4, -0.2) is 27.2 Å². The van der Waals surface area contributed by atoms with Crippen LogP contribution in [0.15, 0.2) is 12.3 Å². The molecule has 1 N–H and O–H groups in total. The van der Waals surface area contributed by atoms with Crippen LogP contribution in [0.3, 0.4) is 0 Å². The van der Waals surface area contributed by atoms with Crippen molar-refractivity contribution >= 4 is 16.9 Å². The second-order valence-electron chi connectivity index (χ2n) is 3.66. The molecule has 0 aromatic carbocycles. The molecule has 5 heteroatoms. The molecular formula is C11H14N4O. The average Bonchev–Trinajstić information content (AvgIpc) is 2.55. The van der Waals surface area contributed by atoms with E-state index in [1.54, 1.807) is 10.9 Å². The Bertz CT molecular complexity index is 544. The Hall–Kier alpha value is -1.91. The molecule has 0 atom stereocenters. The quantitative estimate of drug-likeness (QED) is 0.818. The van der Waals surface area contributed by atoms with Crippen molar-refractivity contribution in [1.29, 1.82) is 0 Å². The van der Waals surface area contributed by atoms with Crippen LogP contribution in [0.25, 0.3) is 11.0 Å². The van der Waals surface area contributed by atoms with Crippen LogP contribution in [-0.2, 0) is 7.05 Å². The van der Waals surface area contributed by atoms with Crippen molar-refractivity contribution in [2.45, 2.75) is 13.8 Å². The summed E-state index contributed by atoms with van der Waals surface area (Å²) in [5.41, 5.74) is 2.26. The standard InChI is InChI=1S/C11H14N4O/c1-4-12-11(16)8-5-9-7(2)14-15(3)10(9)13-6-8/h5-6H,4H2,1-3H3,(H,12,16). The Morgan fingerprint density at radius 3 is 3.00 bits per heavy atom. The molecule has 0 spiro atoms. The van der Waals surface area contributed by atoms with Crippen molar-refractivity contribution < 1.29 is 4.79 Å². The van der Waals surface area contributed by atoms with E-state index in [0.717, 1.165) is 16.7 Å². The number of amides is 1. The monoisotopic (exact) mass is 218 g/mol. The molecule has 5 nitrogen and oxygen atoms in total. The molecule has 0 saturated carbocycles. The van der Waals surface area contributed by atoms with Crippen LogP contribution in [0.1, 0.15) is 23.0 Å². The highest BCUT2D eigenvalue weighted by atomic mass is 16.1. The molecule has 2 rings (SSSR count). The summed E-state index contributed by atoms with van der Waals surface area (Å²) in [5, 5.41) is 7.93. The lowest BCUT2D eigenvalue weighted by molar-refractivity contribution is 0.0955. The highest BCUT2D eigenvalue weighted by molar-refractivity contribution is 5.97. The minimum Gasteiger partial charge on any atom is -0.352 e. The van der Waals surface area contributed by atoms with Crippen molar-refractivity contribution in [2.75, 3.05) is 6.54 Å². The fourth-order valence-electron chi connectivity index (χ4n) is 1.69. The van der Waals surface area contributed by atoms with Gasteiger partial charge in [0.1, 0.15) is 0 Å². The first-order chi connectivity index (χ1) is 7.63. The third-order valence-electron chi connectivity index (χ3n) is 2.46. The van der Waals surface area contributed by atoms with E-state index in [-0.39, 0.29) is 5.91 Å². The fraction of sp³-hybridized carbons (Fsp3) is 0.364. The maximum absolute atomic E-state index is 11.6. The van der Waals surface area contributed by atoms with Gasteiger partial charge in [-0.25, -0.2) is 4.98 Å². The summed E-state index contributed by atoms with van der Waals surface area (Å²) in [6, 6.07) is 1.83. The zero-order valence-corrected chi connectivity index (χ0v) is 9.61. The van der Waals surface area contributed by atoms with E-state index in [1.165, 1.54) is 0 Å². The number of pyridine rings is 1. The third kappa shape index (κ3) is 1.64. The molecule has 1 amide bonds. The summed E-state index contributed by atoms with van der Waals surface area (Å²) in [7, 11) is 1.84. The third-order valence-corrected chi connectivity index (χ3v) is 2.46. The van der Waals surface area contributed by atoms with E-state index in [4.69, 9.17) is 0 Å². The molecule has 0 unspecified atom stereocenters. The molecule has 0 fully saturated rings. The first-order valence-corrected chi connectivity index (χ1v) is 5.21. The number of aryl methyl sites for hydroxylation is 2. The van der Waals surface area contributed by atoms with Crippen molar-refractivity contribution in [3.8, 4) is 0 Å². The molecule has 0 saturated heterocycles. The second kappa shape index (κ2) is 3.92. The van der Waals surface area contributed by atoms with Crippen LogP contribution < -0.4 is 5.32 Å². The van der Waals surface area contributed by atoms with Crippen molar-refractivity contribution in [3.63, 3.8) is 0 Å². The van der Waals surface area contributed by atoms with Gasteiger partial charge in [-0.15, -0.1) is 0 Å². The number of hydrogen-bond donors (Lipinski definition) is 1. The van der Waals surface area contributed by atoms with Gasteiger partial charge < -0.3 is 5.32 Å². The minimum absolute atomic E-state index is 0.0971. The lowest BCUT2D eigenvalue weighted by atomic mass is 10.2. The number of nitrogens with one attached hydrogen (secondary N) is 1. The predicted octanol–water partition coefficient (Wildman–Crippen LogP) is 1.03. The maximum atomic E-state index is 11.6. The van der Waals surface area contributed by atoms with Gasteiger partial charge in [-0.3, -0.25) is 9.48 Å². The summed E-state index contributed by atoms with van der Waals surface area (Å²) in [6.45, 7) is 4.41. The summed E-state index contributed by atoms with van der Waals surface area (Å²) < 4.78 is 1.71. The van der Waals surface area contributed by atoms with E-state index in [9.17, 15) is 4.79 Å². The Kier molecular flexibility index (Phi) is 2.60. The van der Waals surface area contributed by atoms with E-state index in [1.807, 2.05) is 27.0 Å². The van der Waals surface area contributed by atoms with E-state index in [2.05, 4.69) is 15.4 Å². The van der Waals surface area contributed by atoms with Crippen LogP contribution in [0.2, 0.25) is 0 Å². The van der Waals surface area contributed by atoms with E-state index >= 15 is 0 Å². The topological polar surface area (TPSA) is 59.8 Å². The van der Waals surface area contributed by atoms with Gasteiger partial charge in [-0.1, -0.05) is 0 Å². The largest absolute Gasteiger partial charge is 0.352 e. The van der Waals surface area contributed by atoms with Crippen molar-refractivity contribution in [2.24, 2.45) is 7.05 Å². The molecule has 0 aliphatic heterocycles. The molecule has 0 bridgehead atoms. The lowest BCUT2D eigenvalue weighted by Crippen LogP contribution is -2.22. The zero-order valence-electron chi connectivity index (χ0n) is 9.61. The Labute approximate surface area is 93.5 Å². The first-order valence-electron chi connectivity index (χ1n) is 5.21. The normalized spacial score (nSPS) is 10.7. The van der Waals surface area contributed by atoms with Crippen LogP contribution in [0, 0.1) is 6.92 Å². The van der Waals surface area contributed by atoms with Crippen LogP contribution in [0.4, 0.5) is 0 Å². The van der Waals surface area contributed by atoms with E-state index in [0.29, 0.717) is 12.1 Å². The van der Waals surface area contributed by atoms with Crippen LogP contribution >= 0.6 is 0 Å². The second-order valence-corrected chi connectivity index (χ2v) is 3.66. The SMILES string of the molecule is CCNC(=O)c1cnc2c(c1)c(C)nn2C. The molecule has 16 heavy (non-hydrogen) atoms. The van der Waals surface area contributed by atoms with Gasteiger partial charge in [0.2, 0.25) is 0 Å². The number of aromatic nitrogens is 3. The van der Waals surface area contributed by atoms with Gasteiger partial charge in [0.15, 0.2) is 5.65 Å². The molecule has 0 radical (unpaired) electrons. The first kappa shape index (κ1) is 10.6. The Morgan fingerprint density at radius 1 is 1.56 bits per heavy atom. The van der Waals surface area contributed by atoms with Gasteiger partial charge in [0.05, 0.1) is 11.3 Å². The van der Waals surface area contributed by atoms with Gasteiger partial charge >= 0.3 is 0 Å². The lowest BCUT2D eigenvalue weighted by Gasteiger charge is -2.01. The maximum Gasteiger partial charge on any atom is 0.252 e. The van der Waals surface area contributed by atoms with E-state index < -0.39 is 0 Å². The van der Waals surface area contributed by atoms with Gasteiger partial charge in [-0.2, -0.15) is 5.10 Å². The molecule has 2 aromatic rings. The molecule has 0 aliphatic carbocycles. The van der Waals surface area contributed by atoms with Crippen molar-refractivity contribution in [3.05, 3.63) is 23.5 Å². The number of carbonyl (C=O) groups excluding carboxylic acids is 1. The summed E-state index contributed by atoms with van der Waals surface area (Å²) in [4.78, 5) is 15.9. The van der Waals surface area contributed by atoms with Crippen molar-refractivity contribution in [1.82, 2.24) is 20.1 Å². The minimum atomic E-state index is -0.0971. The molecule has 0 aliphatic rings. The average molecular weight is 218 g/mol. The molecule has 84 valence electrons. The highest BCUT2D eigenvalue weighted by Crippen LogP contribution is 2.16. The van der Waals surface area contributed by atoms with Crippen LogP contribution in [0.5, 0.6) is 0 Å². The highest BCUT2D eigenvalue weighted by Gasteiger charge is 2.10. The smallest absolute Gasteiger partial charge is 0.252 e. The fourth-order valence-corrected chi connectivity index (χ4v) is 1.69. The summed E-state index contributed by atoms with van der Waals surface area (Å²) in [6.07, 6.45) is 1.58. The Balaban J connectivity index is 2.51. The van der Waals surface area contributed by atoms with Gasteiger partial charge in [-0.05, 0) is 19.9 Å². The number of hydrogen-bond acceptors (Lipinski definition) is 3. The Morgan fingerprint density at radius 2 is 2.31 bits per heavy atom.